The number of unbranched alkanes of at least 4 members (excludes halogenated alkanes) is 61. The summed E-state index contributed by atoms with van der Waals surface area (Å²) in [4.78, 5) is 25.2. The molecule has 0 aliphatic carbocycles. The summed E-state index contributed by atoms with van der Waals surface area (Å²) >= 11 is 0. The minimum absolute atomic E-state index is 0.0215. The highest BCUT2D eigenvalue weighted by molar-refractivity contribution is 5.76. The molecule has 1 aliphatic heterocycles. The molecule has 0 radical (unpaired) electrons. The van der Waals surface area contributed by atoms with E-state index in [9.17, 15) is 35.1 Å². The average molecular weight is 1360 g/mol. The summed E-state index contributed by atoms with van der Waals surface area (Å²) in [5.74, 6) is -0.161. The molecule has 0 aromatic rings. The fourth-order valence-electron chi connectivity index (χ4n) is 13.9. The van der Waals surface area contributed by atoms with Crippen LogP contribution < -0.4 is 5.32 Å². The molecule has 96 heavy (non-hydrogen) atoms. The van der Waals surface area contributed by atoms with E-state index in [1.54, 1.807) is 6.08 Å². The number of esters is 1. The molecule has 1 amide bonds. The SMILES string of the molecule is CCCCCCCCCCC/C=C/CC/C=C/C(O)C(COC1OC(CO)C(O)C(O)C1O)NC(=O)CCCCCCCCCCCCCCCCCCCCCCCCCCCCCCCCCCCCCCCCCOC(=O)CCCCCCCCCCCCCCCC. The van der Waals surface area contributed by atoms with Crippen LogP contribution in [-0.2, 0) is 23.8 Å². The molecule has 1 heterocycles. The Morgan fingerprint density at radius 2 is 0.677 bits per heavy atom. The van der Waals surface area contributed by atoms with Gasteiger partial charge in [0, 0.05) is 12.8 Å². The zero-order valence-electron chi connectivity index (χ0n) is 63.6. The number of nitrogens with one attached hydrogen (secondary N) is 1. The number of amides is 1. The van der Waals surface area contributed by atoms with E-state index in [1.165, 1.54) is 366 Å². The van der Waals surface area contributed by atoms with E-state index in [0.29, 0.717) is 19.4 Å². The largest absolute Gasteiger partial charge is 0.466 e. The van der Waals surface area contributed by atoms with Crippen molar-refractivity contribution in [2.45, 2.75) is 487 Å². The Bertz CT molecular complexity index is 1640. The third kappa shape index (κ3) is 62.0. The minimum Gasteiger partial charge on any atom is -0.466 e. The fraction of sp³-hybridized carbons (Fsp3) is 0.929. The fourth-order valence-corrected chi connectivity index (χ4v) is 13.9. The molecule has 0 aromatic heterocycles. The Morgan fingerprint density at radius 3 is 1.03 bits per heavy atom. The van der Waals surface area contributed by atoms with Crippen LogP contribution in [0.25, 0.3) is 0 Å². The van der Waals surface area contributed by atoms with Crippen molar-refractivity contribution in [2.75, 3.05) is 19.8 Å². The van der Waals surface area contributed by atoms with E-state index in [-0.39, 0.29) is 18.5 Å². The summed E-state index contributed by atoms with van der Waals surface area (Å²) < 4.78 is 16.8. The van der Waals surface area contributed by atoms with Gasteiger partial charge in [0.05, 0.1) is 32.0 Å². The summed E-state index contributed by atoms with van der Waals surface area (Å²) in [7, 11) is 0. The molecule has 7 unspecified atom stereocenters. The monoisotopic (exact) mass is 1360 g/mol. The molecule has 0 aromatic carbocycles. The van der Waals surface area contributed by atoms with Crippen LogP contribution >= 0.6 is 0 Å². The lowest BCUT2D eigenvalue weighted by Gasteiger charge is -2.40. The number of allylic oxidation sites excluding steroid dienone is 3. The predicted octanol–water partition coefficient (Wildman–Crippen LogP) is 23.5. The standard InChI is InChI=1S/C85H163NO10/c1-3-5-7-9-11-13-15-17-44-47-51-55-59-63-67-71-78(88)77(76-95-85-84(93)83(92)82(91)79(75-87)96-85)86-80(89)72-68-64-60-56-52-48-45-42-40-38-36-34-32-30-28-26-24-22-20-19-21-23-25-27-29-31-33-35-37-39-41-43-46-50-54-58-62-66-70-74-94-81(90)73-69-65-61-57-53-49-18-16-14-12-10-8-6-4-2/h51,55,67,71,77-79,82-85,87-88,91-93H,3-50,52-54,56-66,68-70,72-76H2,1-2H3,(H,86,89)/b55-51+,71-67+. The summed E-state index contributed by atoms with van der Waals surface area (Å²) in [5.41, 5.74) is 0. The van der Waals surface area contributed by atoms with Crippen molar-refractivity contribution in [3.8, 4) is 0 Å². The molecule has 568 valence electrons. The van der Waals surface area contributed by atoms with E-state index in [2.05, 4.69) is 31.3 Å². The third-order valence-corrected chi connectivity index (χ3v) is 20.6. The smallest absolute Gasteiger partial charge is 0.305 e. The van der Waals surface area contributed by atoms with Gasteiger partial charge >= 0.3 is 5.97 Å². The number of aliphatic hydroxyl groups excluding tert-OH is 5. The lowest BCUT2D eigenvalue weighted by atomic mass is 9.99. The van der Waals surface area contributed by atoms with Crippen LogP contribution in [0.15, 0.2) is 24.3 Å². The van der Waals surface area contributed by atoms with Crippen LogP contribution in [-0.4, -0.2) is 100 Å². The van der Waals surface area contributed by atoms with Crippen molar-refractivity contribution in [1.29, 1.82) is 0 Å². The van der Waals surface area contributed by atoms with E-state index in [0.717, 1.165) is 51.4 Å². The van der Waals surface area contributed by atoms with Gasteiger partial charge in [0.25, 0.3) is 0 Å². The molecule has 11 heteroatoms. The van der Waals surface area contributed by atoms with Crippen molar-refractivity contribution in [3.05, 3.63) is 24.3 Å². The maximum Gasteiger partial charge on any atom is 0.305 e. The molecule has 1 saturated heterocycles. The first-order valence-electron chi connectivity index (χ1n) is 42.6. The van der Waals surface area contributed by atoms with E-state index < -0.39 is 49.5 Å². The van der Waals surface area contributed by atoms with Gasteiger partial charge in [0.2, 0.25) is 5.91 Å². The normalized spacial score (nSPS) is 17.3. The Kier molecular flexibility index (Phi) is 71.4. The molecule has 0 saturated carbocycles. The van der Waals surface area contributed by atoms with Crippen LogP contribution in [0.4, 0.5) is 0 Å². The van der Waals surface area contributed by atoms with Crippen molar-refractivity contribution in [2.24, 2.45) is 0 Å². The molecule has 11 nitrogen and oxygen atoms in total. The van der Waals surface area contributed by atoms with Crippen LogP contribution in [0.3, 0.4) is 0 Å². The Morgan fingerprint density at radius 1 is 0.375 bits per heavy atom. The number of rotatable bonds is 77. The van der Waals surface area contributed by atoms with Gasteiger partial charge in [-0.1, -0.05) is 411 Å². The lowest BCUT2D eigenvalue weighted by molar-refractivity contribution is -0.302. The van der Waals surface area contributed by atoms with E-state index in [4.69, 9.17) is 14.2 Å². The summed E-state index contributed by atoms with van der Waals surface area (Å²) in [6.45, 7) is 4.40. The molecule has 1 aliphatic rings. The van der Waals surface area contributed by atoms with Gasteiger partial charge in [-0.25, -0.2) is 0 Å². The van der Waals surface area contributed by atoms with Crippen LogP contribution in [0.1, 0.15) is 444 Å². The number of carbonyl (C=O) groups excluding carboxylic acids is 2. The van der Waals surface area contributed by atoms with Crippen molar-refractivity contribution >= 4 is 11.9 Å². The topological polar surface area (TPSA) is 175 Å². The number of aliphatic hydroxyl groups is 5. The zero-order chi connectivity index (χ0) is 69.4. The van der Waals surface area contributed by atoms with Crippen molar-refractivity contribution in [3.63, 3.8) is 0 Å². The highest BCUT2D eigenvalue weighted by atomic mass is 16.7. The van der Waals surface area contributed by atoms with E-state index in [1.807, 2.05) is 6.08 Å². The molecular formula is C85H163NO10. The first-order valence-corrected chi connectivity index (χ1v) is 42.6. The quantitative estimate of drug-likeness (QED) is 0.0195. The highest BCUT2D eigenvalue weighted by Crippen LogP contribution is 2.24. The highest BCUT2D eigenvalue weighted by Gasteiger charge is 2.44. The maximum atomic E-state index is 13.1. The van der Waals surface area contributed by atoms with E-state index >= 15 is 0 Å². The third-order valence-electron chi connectivity index (χ3n) is 20.6. The first-order chi connectivity index (χ1) is 47.2. The predicted molar refractivity (Wildman–Crippen MR) is 408 cm³/mol. The van der Waals surface area contributed by atoms with Crippen molar-refractivity contribution < 1.29 is 49.3 Å². The van der Waals surface area contributed by atoms with Crippen molar-refractivity contribution in [1.82, 2.24) is 5.32 Å². The average Bonchev–Trinajstić information content (AvgIpc) is 0.845. The molecule has 6 N–H and O–H groups in total. The molecule has 0 bridgehead atoms. The van der Waals surface area contributed by atoms with Crippen LogP contribution in [0.5, 0.6) is 0 Å². The number of ether oxygens (including phenoxy) is 3. The summed E-state index contributed by atoms with van der Waals surface area (Å²) in [6.07, 6.45) is 86.6. The maximum absolute atomic E-state index is 13.1. The minimum atomic E-state index is -1.57. The molecule has 7 atom stereocenters. The van der Waals surface area contributed by atoms with Gasteiger partial charge in [-0.2, -0.15) is 0 Å². The molecule has 1 rings (SSSR count). The second-order valence-electron chi connectivity index (χ2n) is 29.9. The number of hydrogen-bond acceptors (Lipinski definition) is 10. The number of hydrogen-bond donors (Lipinski definition) is 6. The van der Waals surface area contributed by atoms with Gasteiger partial charge < -0.3 is 45.1 Å². The van der Waals surface area contributed by atoms with Gasteiger partial charge in [0.1, 0.15) is 24.4 Å². The molecule has 1 fully saturated rings. The zero-order valence-corrected chi connectivity index (χ0v) is 63.6. The Labute approximate surface area is 594 Å². The summed E-state index contributed by atoms with van der Waals surface area (Å²) in [5, 5.41) is 54.6. The number of carbonyl (C=O) groups is 2. The van der Waals surface area contributed by atoms with Gasteiger partial charge in [-0.3, -0.25) is 9.59 Å². The lowest BCUT2D eigenvalue weighted by Crippen LogP contribution is -2.60. The Hall–Kier alpha value is -1.86. The van der Waals surface area contributed by atoms with Crippen LogP contribution in [0, 0.1) is 0 Å². The Balaban J connectivity index is 1.88. The first kappa shape index (κ1) is 92.2. The summed E-state index contributed by atoms with van der Waals surface area (Å²) in [6, 6.07) is -0.823. The van der Waals surface area contributed by atoms with Crippen LogP contribution in [0.2, 0.25) is 0 Å². The second-order valence-corrected chi connectivity index (χ2v) is 29.9. The van der Waals surface area contributed by atoms with Gasteiger partial charge in [-0.05, 0) is 44.9 Å². The molecule has 0 spiro atoms. The van der Waals surface area contributed by atoms with Gasteiger partial charge in [-0.15, -0.1) is 0 Å². The van der Waals surface area contributed by atoms with Gasteiger partial charge in [0.15, 0.2) is 6.29 Å². The molecular weight excluding hydrogens is 1190 g/mol. The second kappa shape index (κ2) is 74.3.